The molecule has 1 amide bonds. The maximum Gasteiger partial charge on any atom is 0.304 e. The Bertz CT molecular complexity index is 274. The van der Waals surface area contributed by atoms with Crippen molar-refractivity contribution in [2.45, 2.75) is 52.9 Å². The number of hydrogen-bond acceptors (Lipinski definition) is 3. The summed E-state index contributed by atoms with van der Waals surface area (Å²) in [4.78, 5) is 26.7. The number of unbranched alkanes of at least 4 members (excludes halogenated alkanes) is 2. The predicted octanol–water partition coefficient (Wildman–Crippen LogP) is 2.21. The number of carboxylic acid groups (broad SMARTS) is 1. The summed E-state index contributed by atoms with van der Waals surface area (Å²) in [6.45, 7) is 9.29. The molecule has 118 valence electrons. The Morgan fingerprint density at radius 2 is 1.50 bits per heavy atom. The summed E-state index contributed by atoms with van der Waals surface area (Å²) in [7, 11) is 0. The van der Waals surface area contributed by atoms with E-state index in [4.69, 9.17) is 5.11 Å². The highest BCUT2D eigenvalue weighted by molar-refractivity contribution is 5.78. The van der Waals surface area contributed by atoms with Gasteiger partial charge in [0.15, 0.2) is 0 Å². The van der Waals surface area contributed by atoms with Crippen LogP contribution in [-0.2, 0) is 9.59 Å². The van der Waals surface area contributed by atoms with Gasteiger partial charge >= 0.3 is 5.97 Å². The van der Waals surface area contributed by atoms with Gasteiger partial charge in [0.1, 0.15) is 0 Å². The van der Waals surface area contributed by atoms with E-state index in [2.05, 4.69) is 13.8 Å². The van der Waals surface area contributed by atoms with E-state index in [1.165, 1.54) is 0 Å². The second-order valence-corrected chi connectivity index (χ2v) is 5.10. The van der Waals surface area contributed by atoms with Gasteiger partial charge in [0.05, 0.1) is 13.0 Å². The molecule has 1 N–H and O–H groups in total. The Hall–Kier alpha value is -1.10. The van der Waals surface area contributed by atoms with Gasteiger partial charge < -0.3 is 10.0 Å². The Morgan fingerprint density at radius 1 is 0.950 bits per heavy atom. The number of hydrogen-bond donors (Lipinski definition) is 1. The highest BCUT2D eigenvalue weighted by Crippen LogP contribution is 2.02. The van der Waals surface area contributed by atoms with Crippen molar-refractivity contribution in [1.82, 2.24) is 9.80 Å². The first-order chi connectivity index (χ1) is 9.54. The molecule has 0 rings (SSSR count). The van der Waals surface area contributed by atoms with Crippen molar-refractivity contribution in [3.63, 3.8) is 0 Å². The molecule has 0 aliphatic heterocycles. The Balaban J connectivity index is 4.33. The molecule has 0 fully saturated rings. The second kappa shape index (κ2) is 11.7. The van der Waals surface area contributed by atoms with Crippen molar-refractivity contribution in [1.29, 1.82) is 0 Å². The van der Waals surface area contributed by atoms with Gasteiger partial charge in [-0.1, -0.05) is 33.6 Å². The summed E-state index contributed by atoms with van der Waals surface area (Å²) in [6.07, 6.45) is 4.29. The molecule has 0 unspecified atom stereocenters. The van der Waals surface area contributed by atoms with Gasteiger partial charge in [-0.3, -0.25) is 14.5 Å². The van der Waals surface area contributed by atoms with Crippen molar-refractivity contribution in [2.24, 2.45) is 0 Å². The standard InChI is InChI=1S/C15H30N2O3/c1-4-7-10-17(11-8-5-2)14(18)13-16(6-3)12-9-15(19)20/h4-13H2,1-3H3,(H,19,20). The lowest BCUT2D eigenvalue weighted by Crippen LogP contribution is -2.42. The van der Waals surface area contributed by atoms with Crippen LogP contribution < -0.4 is 0 Å². The smallest absolute Gasteiger partial charge is 0.304 e. The number of carboxylic acids is 1. The summed E-state index contributed by atoms with van der Waals surface area (Å²) in [5.41, 5.74) is 0. The third-order valence-corrected chi connectivity index (χ3v) is 3.36. The molecular weight excluding hydrogens is 256 g/mol. The van der Waals surface area contributed by atoms with Crippen LogP contribution in [0.5, 0.6) is 0 Å². The topological polar surface area (TPSA) is 60.9 Å². The van der Waals surface area contributed by atoms with Crippen molar-refractivity contribution >= 4 is 11.9 Å². The van der Waals surface area contributed by atoms with Gasteiger partial charge in [0.2, 0.25) is 5.91 Å². The van der Waals surface area contributed by atoms with Crippen LogP contribution in [0.25, 0.3) is 0 Å². The molecule has 0 saturated heterocycles. The number of likely N-dealkylation sites (N-methyl/N-ethyl adjacent to an activating group) is 1. The fourth-order valence-corrected chi connectivity index (χ4v) is 1.95. The molecule has 20 heavy (non-hydrogen) atoms. The van der Waals surface area contributed by atoms with Crippen LogP contribution in [0.4, 0.5) is 0 Å². The van der Waals surface area contributed by atoms with Gasteiger partial charge in [0.25, 0.3) is 0 Å². The fourth-order valence-electron chi connectivity index (χ4n) is 1.95. The molecular formula is C15H30N2O3. The van der Waals surface area contributed by atoms with Crippen LogP contribution in [-0.4, -0.2) is 59.5 Å². The van der Waals surface area contributed by atoms with Gasteiger partial charge in [-0.05, 0) is 19.4 Å². The molecule has 5 nitrogen and oxygen atoms in total. The summed E-state index contributed by atoms with van der Waals surface area (Å²) in [5, 5.41) is 8.71. The molecule has 0 aliphatic rings. The Labute approximate surface area is 122 Å². The molecule has 0 saturated carbocycles. The molecule has 0 heterocycles. The zero-order chi connectivity index (χ0) is 15.4. The lowest BCUT2D eigenvalue weighted by Gasteiger charge is -2.26. The van der Waals surface area contributed by atoms with Crippen molar-refractivity contribution in [3.8, 4) is 0 Å². The summed E-state index contributed by atoms with van der Waals surface area (Å²) in [5.74, 6) is -0.691. The normalized spacial score (nSPS) is 10.8. The van der Waals surface area contributed by atoms with Crippen molar-refractivity contribution in [2.75, 3.05) is 32.7 Å². The number of amides is 1. The number of carbonyl (C=O) groups excluding carboxylic acids is 1. The molecule has 5 heteroatoms. The highest BCUT2D eigenvalue weighted by Gasteiger charge is 2.16. The van der Waals surface area contributed by atoms with Gasteiger partial charge in [-0.15, -0.1) is 0 Å². The van der Waals surface area contributed by atoms with Gasteiger partial charge in [-0.2, -0.15) is 0 Å². The molecule has 0 aromatic rings. The first-order valence-electron chi connectivity index (χ1n) is 7.77. The summed E-state index contributed by atoms with van der Waals surface area (Å²) < 4.78 is 0. The molecule has 0 atom stereocenters. The maximum absolute atomic E-state index is 12.3. The average Bonchev–Trinajstić information content (AvgIpc) is 2.43. The number of carbonyl (C=O) groups is 2. The fraction of sp³-hybridized carbons (Fsp3) is 0.867. The third kappa shape index (κ3) is 8.91. The van der Waals surface area contributed by atoms with E-state index in [1.807, 2.05) is 16.7 Å². The Kier molecular flexibility index (Phi) is 11.1. The second-order valence-electron chi connectivity index (χ2n) is 5.10. The minimum absolute atomic E-state index is 0.0883. The van der Waals surface area contributed by atoms with E-state index in [0.29, 0.717) is 19.6 Å². The summed E-state index contributed by atoms with van der Waals surface area (Å²) in [6, 6.07) is 0. The van der Waals surface area contributed by atoms with Crippen molar-refractivity contribution < 1.29 is 14.7 Å². The molecule has 0 bridgehead atoms. The predicted molar refractivity (Wildman–Crippen MR) is 80.8 cm³/mol. The largest absolute Gasteiger partial charge is 0.481 e. The SMILES string of the molecule is CCCCN(CCCC)C(=O)CN(CC)CCC(=O)O. The van der Waals surface area contributed by atoms with Crippen LogP contribution in [0.1, 0.15) is 52.9 Å². The quantitative estimate of drug-likeness (QED) is 0.597. The van der Waals surface area contributed by atoms with Crippen LogP contribution in [0.15, 0.2) is 0 Å². The van der Waals surface area contributed by atoms with Crippen LogP contribution in [0.3, 0.4) is 0 Å². The van der Waals surface area contributed by atoms with Crippen molar-refractivity contribution in [3.05, 3.63) is 0 Å². The first-order valence-corrected chi connectivity index (χ1v) is 7.77. The van der Waals surface area contributed by atoms with E-state index in [1.54, 1.807) is 0 Å². The molecule has 0 aliphatic carbocycles. The molecule has 0 aromatic heterocycles. The molecule has 0 radical (unpaired) electrons. The van der Waals surface area contributed by atoms with Gasteiger partial charge in [0, 0.05) is 19.6 Å². The van der Waals surface area contributed by atoms with E-state index < -0.39 is 5.97 Å². The monoisotopic (exact) mass is 286 g/mol. The van der Waals surface area contributed by atoms with Crippen LogP contribution >= 0.6 is 0 Å². The minimum atomic E-state index is -0.815. The summed E-state index contributed by atoms with van der Waals surface area (Å²) >= 11 is 0. The lowest BCUT2D eigenvalue weighted by molar-refractivity contribution is -0.138. The first kappa shape index (κ1) is 18.9. The number of aliphatic carboxylic acids is 1. The average molecular weight is 286 g/mol. The number of nitrogens with zero attached hydrogens (tertiary/aromatic N) is 2. The number of rotatable bonds is 12. The maximum atomic E-state index is 12.3. The van der Waals surface area contributed by atoms with Crippen LogP contribution in [0.2, 0.25) is 0 Å². The minimum Gasteiger partial charge on any atom is -0.481 e. The Morgan fingerprint density at radius 3 is 1.90 bits per heavy atom. The van der Waals surface area contributed by atoms with E-state index in [-0.39, 0.29) is 12.3 Å². The van der Waals surface area contributed by atoms with Crippen LogP contribution in [0, 0.1) is 0 Å². The molecule has 0 spiro atoms. The zero-order valence-electron chi connectivity index (χ0n) is 13.2. The van der Waals surface area contributed by atoms with E-state index in [9.17, 15) is 9.59 Å². The highest BCUT2D eigenvalue weighted by atomic mass is 16.4. The zero-order valence-corrected chi connectivity index (χ0v) is 13.2. The molecule has 0 aromatic carbocycles. The third-order valence-electron chi connectivity index (χ3n) is 3.36. The van der Waals surface area contributed by atoms with Gasteiger partial charge in [-0.25, -0.2) is 0 Å². The van der Waals surface area contributed by atoms with E-state index >= 15 is 0 Å². The van der Waals surface area contributed by atoms with E-state index in [0.717, 1.165) is 38.8 Å². The lowest BCUT2D eigenvalue weighted by atomic mass is 10.2.